The fraction of sp³-hybridized carbons (Fsp3) is 0.0667. The maximum atomic E-state index is 4.62. The van der Waals surface area contributed by atoms with Gasteiger partial charge in [0.05, 0.1) is 0 Å². The van der Waals surface area contributed by atoms with Crippen LogP contribution in [0.3, 0.4) is 0 Å². The van der Waals surface area contributed by atoms with Crippen molar-refractivity contribution in [3.05, 3.63) is 131 Å². The van der Waals surface area contributed by atoms with Crippen molar-refractivity contribution >= 4 is 59.0 Å². The van der Waals surface area contributed by atoms with Gasteiger partial charge in [-0.1, -0.05) is 84.0 Å². The summed E-state index contributed by atoms with van der Waals surface area (Å²) in [6.45, 7) is 4.19. The van der Waals surface area contributed by atoms with E-state index in [0.29, 0.717) is 0 Å². The molecule has 0 amide bonds. The molecule has 0 aliphatic carbocycles. The van der Waals surface area contributed by atoms with Crippen LogP contribution in [0.5, 0.6) is 0 Å². The van der Waals surface area contributed by atoms with Crippen LogP contribution in [0.1, 0.15) is 33.4 Å². The molecule has 8 heteroatoms. The molecule has 2 heterocycles. The Hall–Kier alpha value is -4.40. The van der Waals surface area contributed by atoms with E-state index in [0.717, 1.165) is 0 Å². The molecule has 0 saturated heterocycles. The van der Waals surface area contributed by atoms with Crippen LogP contribution in [0.2, 0.25) is 0 Å². The Morgan fingerprint density at radius 3 is 0.921 bits per heavy atom. The second-order valence-corrected chi connectivity index (χ2v) is 8.80. The highest BCUT2D eigenvalue weighted by atomic mass is 32.1. The van der Waals surface area contributed by atoms with Gasteiger partial charge in [0.25, 0.3) is 0 Å². The first-order valence-electron chi connectivity index (χ1n) is 11.5. The van der Waals surface area contributed by atoms with Gasteiger partial charge in [-0.15, -0.1) is 0 Å². The predicted octanol–water partition coefficient (Wildman–Crippen LogP) is 5.50. The highest BCUT2D eigenvalue weighted by Crippen LogP contribution is 2.09. The van der Waals surface area contributed by atoms with Crippen LogP contribution in [0.4, 0.5) is 0 Å². The number of hydrogen-bond acceptors (Lipinski definition) is 4. The first-order chi connectivity index (χ1) is 18.2. The summed E-state index contributed by atoms with van der Waals surface area (Å²) in [6.07, 6.45) is 15.6. The normalized spacial score (nSPS) is 9.74. The van der Waals surface area contributed by atoms with Gasteiger partial charge in [0.1, 0.15) is 0 Å². The number of hydrogen-bond donors (Lipinski definition) is 4. The number of thiocarbonyl (C=S) groups is 2. The summed E-state index contributed by atoms with van der Waals surface area (Å²) in [7, 11) is 0. The highest BCUT2D eigenvalue weighted by molar-refractivity contribution is 7.80. The van der Waals surface area contributed by atoms with Crippen LogP contribution in [0.15, 0.2) is 97.6 Å². The molecule has 0 radical (unpaired) electrons. The van der Waals surface area contributed by atoms with Crippen LogP contribution in [-0.4, -0.2) is 20.2 Å². The lowest BCUT2D eigenvalue weighted by Gasteiger charge is -1.95. The second kappa shape index (κ2) is 18.8. The zero-order valence-corrected chi connectivity index (χ0v) is 23.2. The van der Waals surface area contributed by atoms with Gasteiger partial charge >= 0.3 is 0 Å². The first-order valence-corrected chi connectivity index (χ1v) is 12.4. The standard InChI is InChI=1S/2C14H13N.2CH4N2S/c2*1-12-2-4-13(5-3-12)6-7-14-8-10-15-11-9-14;2*2-1(3)4/h2*2-11H,1H3;2*(H4,2,3,4)/b2*7-6+;;. The lowest BCUT2D eigenvalue weighted by atomic mass is 10.1. The highest BCUT2D eigenvalue weighted by Gasteiger charge is 1.88. The van der Waals surface area contributed by atoms with Crippen molar-refractivity contribution in [2.75, 3.05) is 0 Å². The molecule has 0 aliphatic heterocycles. The molecule has 196 valence electrons. The van der Waals surface area contributed by atoms with Gasteiger partial charge in [-0.2, -0.15) is 0 Å². The third kappa shape index (κ3) is 17.1. The molecule has 8 N–H and O–H groups in total. The number of pyridine rings is 2. The van der Waals surface area contributed by atoms with Crippen LogP contribution in [0.25, 0.3) is 24.3 Å². The molecule has 0 unspecified atom stereocenters. The summed E-state index contributed by atoms with van der Waals surface area (Å²) in [4.78, 5) is 7.96. The van der Waals surface area contributed by atoms with E-state index in [4.69, 9.17) is 0 Å². The number of rotatable bonds is 4. The van der Waals surface area contributed by atoms with E-state index in [1.54, 1.807) is 24.8 Å². The molecule has 4 rings (SSSR count). The Morgan fingerprint density at radius 1 is 0.474 bits per heavy atom. The third-order valence-electron chi connectivity index (χ3n) is 4.50. The fourth-order valence-corrected chi connectivity index (χ4v) is 2.69. The molecule has 0 aliphatic rings. The molecular weight excluding hydrogens is 509 g/mol. The van der Waals surface area contributed by atoms with E-state index >= 15 is 0 Å². The minimum atomic E-state index is 0.000000000000000222. The molecule has 0 fully saturated rings. The van der Waals surface area contributed by atoms with E-state index in [-0.39, 0.29) is 10.2 Å². The minimum Gasteiger partial charge on any atom is -0.377 e. The third-order valence-corrected chi connectivity index (χ3v) is 4.50. The monoisotopic (exact) mass is 542 g/mol. The molecule has 0 bridgehead atoms. The van der Waals surface area contributed by atoms with Crippen molar-refractivity contribution in [2.45, 2.75) is 13.8 Å². The summed E-state index contributed by atoms with van der Waals surface area (Å²) in [6, 6.07) is 24.9. The Balaban J connectivity index is 0.000000298. The van der Waals surface area contributed by atoms with Gasteiger partial charge in [0.15, 0.2) is 10.2 Å². The molecule has 38 heavy (non-hydrogen) atoms. The van der Waals surface area contributed by atoms with Gasteiger partial charge in [0, 0.05) is 24.8 Å². The second-order valence-electron chi connectivity index (χ2n) is 7.85. The molecule has 6 nitrogen and oxygen atoms in total. The Kier molecular flexibility index (Phi) is 15.7. The summed E-state index contributed by atoms with van der Waals surface area (Å²) >= 11 is 8.19. The maximum absolute atomic E-state index is 4.62. The molecule has 0 saturated carbocycles. The van der Waals surface area contributed by atoms with Gasteiger partial charge in [-0.3, -0.25) is 9.97 Å². The smallest absolute Gasteiger partial charge is 0.160 e. The van der Waals surface area contributed by atoms with Crippen LogP contribution in [0, 0.1) is 13.8 Å². The average molecular weight is 543 g/mol. The topological polar surface area (TPSA) is 130 Å². The SMILES string of the molecule is Cc1ccc(/C=C/c2ccncc2)cc1.Cc1ccc(/C=C/c2ccncc2)cc1.NC(N)=S.NC(N)=S. The fourth-order valence-electron chi connectivity index (χ4n) is 2.69. The van der Waals surface area contributed by atoms with Crippen LogP contribution in [-0.2, 0) is 0 Å². The number of aryl methyl sites for hydroxylation is 2. The summed E-state index contributed by atoms with van der Waals surface area (Å²) in [5, 5.41) is 0.000000000000000444. The molecule has 0 atom stereocenters. The van der Waals surface area contributed by atoms with Gasteiger partial charge < -0.3 is 22.9 Å². The van der Waals surface area contributed by atoms with E-state index in [9.17, 15) is 0 Å². The lowest BCUT2D eigenvalue weighted by Crippen LogP contribution is -2.18. The molecule has 4 aromatic rings. The van der Waals surface area contributed by atoms with Gasteiger partial charge in [-0.05, 0) is 84.8 Å². The molecular formula is C30H34N6S2. The summed E-state index contributed by atoms with van der Waals surface area (Å²) in [5.74, 6) is 0. The van der Waals surface area contributed by atoms with Gasteiger partial charge in [-0.25, -0.2) is 0 Å². The molecule has 2 aromatic heterocycles. The number of nitrogens with zero attached hydrogens (tertiary/aromatic N) is 2. The van der Waals surface area contributed by atoms with Crippen molar-refractivity contribution in [2.24, 2.45) is 22.9 Å². The number of aromatic nitrogens is 2. The predicted molar refractivity (Wildman–Crippen MR) is 171 cm³/mol. The van der Waals surface area contributed by atoms with E-state index < -0.39 is 0 Å². The van der Waals surface area contributed by atoms with Crippen molar-refractivity contribution in [3.63, 3.8) is 0 Å². The quantitative estimate of drug-likeness (QED) is 0.249. The molecule has 2 aromatic carbocycles. The maximum Gasteiger partial charge on any atom is 0.160 e. The number of benzene rings is 2. The number of nitrogens with two attached hydrogens (primary N) is 4. The molecule has 0 spiro atoms. The van der Waals surface area contributed by atoms with E-state index in [1.165, 1.54) is 33.4 Å². The van der Waals surface area contributed by atoms with Crippen molar-refractivity contribution < 1.29 is 0 Å². The zero-order chi connectivity index (χ0) is 28.2. The average Bonchev–Trinajstić information content (AvgIpc) is 2.89. The first kappa shape index (κ1) is 31.6. The van der Waals surface area contributed by atoms with Crippen molar-refractivity contribution in [3.8, 4) is 0 Å². The summed E-state index contributed by atoms with van der Waals surface area (Å²) in [5.41, 5.74) is 25.8. The zero-order valence-electron chi connectivity index (χ0n) is 21.6. The minimum absolute atomic E-state index is 0.000000000000000222. The van der Waals surface area contributed by atoms with E-state index in [1.807, 2.05) is 24.3 Å². The van der Waals surface area contributed by atoms with Crippen molar-refractivity contribution in [1.29, 1.82) is 0 Å². The van der Waals surface area contributed by atoms with E-state index in [2.05, 4.69) is 144 Å². The lowest BCUT2D eigenvalue weighted by molar-refractivity contribution is 1.32. The Bertz CT molecular complexity index is 1160. The van der Waals surface area contributed by atoms with Crippen LogP contribution >= 0.6 is 24.4 Å². The Morgan fingerprint density at radius 2 is 0.684 bits per heavy atom. The summed E-state index contributed by atoms with van der Waals surface area (Å²) < 4.78 is 0. The van der Waals surface area contributed by atoms with Crippen molar-refractivity contribution in [1.82, 2.24) is 9.97 Å². The largest absolute Gasteiger partial charge is 0.377 e. The van der Waals surface area contributed by atoms with Gasteiger partial charge in [0.2, 0.25) is 0 Å². The van der Waals surface area contributed by atoms with Crippen LogP contribution < -0.4 is 22.9 Å². The Labute approximate surface area is 236 Å².